The van der Waals surface area contributed by atoms with Gasteiger partial charge in [-0.25, -0.2) is 4.98 Å². The zero-order valence-electron chi connectivity index (χ0n) is 13.9. The Balaban J connectivity index is 2.13. The Kier molecular flexibility index (Phi) is 6.24. The van der Waals surface area contributed by atoms with Gasteiger partial charge in [0.1, 0.15) is 12.2 Å². The van der Waals surface area contributed by atoms with Crippen LogP contribution in [0, 0.1) is 0 Å². The summed E-state index contributed by atoms with van der Waals surface area (Å²) in [6, 6.07) is 3.77. The summed E-state index contributed by atoms with van der Waals surface area (Å²) in [7, 11) is 0. The normalized spacial score (nSPS) is 12.4. The zero-order chi connectivity index (χ0) is 16.8. The van der Waals surface area contributed by atoms with Crippen molar-refractivity contribution in [2.24, 2.45) is 0 Å². The van der Waals surface area contributed by atoms with Crippen LogP contribution in [-0.2, 0) is 6.54 Å². The van der Waals surface area contributed by atoms with Crippen LogP contribution in [0.3, 0.4) is 0 Å². The van der Waals surface area contributed by atoms with Gasteiger partial charge < -0.3 is 14.8 Å². The quantitative estimate of drug-likeness (QED) is 0.770. The molecule has 0 aliphatic carbocycles. The second-order valence-corrected chi connectivity index (χ2v) is 5.87. The third-order valence-corrected chi connectivity index (χ3v) is 3.57. The lowest BCUT2D eigenvalue weighted by molar-refractivity contribution is 0.223. The molecule has 1 aromatic carbocycles. The Morgan fingerprint density at radius 1 is 1.26 bits per heavy atom. The SMILES string of the molecule is CCOc1cc(CNC(C)c2ncn[nH]2)c(Cl)cc1OC(C)C. The maximum atomic E-state index is 6.38. The highest BCUT2D eigenvalue weighted by atomic mass is 35.5. The summed E-state index contributed by atoms with van der Waals surface area (Å²) in [5.74, 6) is 2.15. The highest BCUT2D eigenvalue weighted by molar-refractivity contribution is 6.31. The molecule has 2 N–H and O–H groups in total. The van der Waals surface area contributed by atoms with Crippen LogP contribution in [0.25, 0.3) is 0 Å². The molecule has 0 saturated carbocycles. The summed E-state index contributed by atoms with van der Waals surface area (Å²) in [6.07, 6.45) is 1.55. The van der Waals surface area contributed by atoms with Crippen LogP contribution in [0.15, 0.2) is 18.5 Å². The molecule has 0 fully saturated rings. The number of rotatable bonds is 8. The Morgan fingerprint density at radius 3 is 2.65 bits per heavy atom. The van der Waals surface area contributed by atoms with E-state index >= 15 is 0 Å². The Hall–Kier alpha value is -1.79. The van der Waals surface area contributed by atoms with Gasteiger partial charge in [0, 0.05) is 17.6 Å². The zero-order valence-corrected chi connectivity index (χ0v) is 14.6. The van der Waals surface area contributed by atoms with E-state index in [0.29, 0.717) is 29.7 Å². The van der Waals surface area contributed by atoms with Gasteiger partial charge in [0.2, 0.25) is 0 Å². The minimum absolute atomic E-state index is 0.0377. The number of nitrogens with zero attached hydrogens (tertiary/aromatic N) is 2. The van der Waals surface area contributed by atoms with E-state index in [0.717, 1.165) is 11.4 Å². The molecular formula is C16H23ClN4O2. The van der Waals surface area contributed by atoms with Crippen LogP contribution in [0.2, 0.25) is 5.02 Å². The van der Waals surface area contributed by atoms with Crippen LogP contribution >= 0.6 is 11.6 Å². The van der Waals surface area contributed by atoms with E-state index in [1.807, 2.05) is 39.8 Å². The second-order valence-electron chi connectivity index (χ2n) is 5.46. The van der Waals surface area contributed by atoms with Crippen molar-refractivity contribution in [3.05, 3.63) is 34.9 Å². The Morgan fingerprint density at radius 2 is 2.04 bits per heavy atom. The molecule has 0 radical (unpaired) electrons. The van der Waals surface area contributed by atoms with E-state index in [4.69, 9.17) is 21.1 Å². The highest BCUT2D eigenvalue weighted by Gasteiger charge is 2.14. The summed E-state index contributed by atoms with van der Waals surface area (Å²) >= 11 is 6.38. The van der Waals surface area contributed by atoms with Crippen molar-refractivity contribution >= 4 is 11.6 Å². The van der Waals surface area contributed by atoms with Gasteiger partial charge >= 0.3 is 0 Å². The Bertz CT molecular complexity index is 617. The molecule has 1 unspecified atom stereocenters. The first kappa shape index (κ1) is 17.6. The van der Waals surface area contributed by atoms with Crippen molar-refractivity contribution in [3.63, 3.8) is 0 Å². The Labute approximate surface area is 141 Å². The van der Waals surface area contributed by atoms with Crippen molar-refractivity contribution in [3.8, 4) is 11.5 Å². The van der Waals surface area contributed by atoms with Gasteiger partial charge in [-0.05, 0) is 39.3 Å². The molecule has 23 heavy (non-hydrogen) atoms. The smallest absolute Gasteiger partial charge is 0.163 e. The number of halogens is 1. The number of benzene rings is 1. The number of H-pyrrole nitrogens is 1. The van der Waals surface area contributed by atoms with E-state index in [1.165, 1.54) is 6.33 Å². The average Bonchev–Trinajstić information content (AvgIpc) is 3.02. The summed E-state index contributed by atoms with van der Waals surface area (Å²) in [4.78, 5) is 4.14. The van der Waals surface area contributed by atoms with Gasteiger partial charge in [0.05, 0.1) is 18.8 Å². The first-order valence-corrected chi connectivity index (χ1v) is 8.09. The number of aromatic amines is 1. The summed E-state index contributed by atoms with van der Waals surface area (Å²) < 4.78 is 11.4. The van der Waals surface area contributed by atoms with Gasteiger partial charge in [-0.3, -0.25) is 5.10 Å². The summed E-state index contributed by atoms with van der Waals surface area (Å²) in [5.41, 5.74) is 0.942. The molecule has 1 atom stereocenters. The van der Waals surface area contributed by atoms with Crippen molar-refractivity contribution in [2.75, 3.05) is 6.61 Å². The van der Waals surface area contributed by atoms with Gasteiger partial charge in [0.15, 0.2) is 11.5 Å². The molecule has 126 valence electrons. The standard InChI is InChI=1S/C16H23ClN4O2/c1-5-22-14-6-12(13(17)7-15(14)23-10(2)3)8-18-11(4)16-19-9-20-21-16/h6-7,9-11,18H,5,8H2,1-4H3,(H,19,20,21). The average molecular weight is 339 g/mol. The van der Waals surface area contributed by atoms with Gasteiger partial charge in [0.25, 0.3) is 0 Å². The fraction of sp³-hybridized carbons (Fsp3) is 0.500. The van der Waals surface area contributed by atoms with Crippen molar-refractivity contribution in [2.45, 2.75) is 46.4 Å². The maximum absolute atomic E-state index is 6.38. The minimum atomic E-state index is 0.0377. The fourth-order valence-corrected chi connectivity index (χ4v) is 2.33. The van der Waals surface area contributed by atoms with E-state index in [-0.39, 0.29) is 12.1 Å². The van der Waals surface area contributed by atoms with Crippen molar-refractivity contribution in [1.82, 2.24) is 20.5 Å². The number of hydrogen-bond donors (Lipinski definition) is 2. The summed E-state index contributed by atoms with van der Waals surface area (Å²) in [6.45, 7) is 9.04. The lowest BCUT2D eigenvalue weighted by Crippen LogP contribution is -2.19. The second kappa shape index (κ2) is 8.17. The molecule has 0 amide bonds. The third kappa shape index (κ3) is 4.84. The van der Waals surface area contributed by atoms with Crippen LogP contribution in [0.4, 0.5) is 0 Å². The van der Waals surface area contributed by atoms with Crippen LogP contribution in [-0.4, -0.2) is 27.9 Å². The molecule has 2 aromatic rings. The number of aromatic nitrogens is 3. The van der Waals surface area contributed by atoms with E-state index in [9.17, 15) is 0 Å². The van der Waals surface area contributed by atoms with Gasteiger partial charge in [-0.2, -0.15) is 5.10 Å². The van der Waals surface area contributed by atoms with Crippen LogP contribution < -0.4 is 14.8 Å². The van der Waals surface area contributed by atoms with E-state index in [2.05, 4.69) is 20.5 Å². The molecule has 0 aliphatic heterocycles. The predicted molar refractivity (Wildman–Crippen MR) is 90.0 cm³/mol. The topological polar surface area (TPSA) is 72.1 Å². The molecule has 0 bridgehead atoms. The van der Waals surface area contributed by atoms with Crippen LogP contribution in [0.1, 0.15) is 45.1 Å². The number of nitrogens with one attached hydrogen (secondary N) is 2. The predicted octanol–water partition coefficient (Wildman–Crippen LogP) is 3.49. The van der Waals surface area contributed by atoms with E-state index < -0.39 is 0 Å². The first-order valence-electron chi connectivity index (χ1n) is 7.71. The van der Waals surface area contributed by atoms with Crippen LogP contribution in [0.5, 0.6) is 11.5 Å². The number of ether oxygens (including phenoxy) is 2. The molecule has 7 heteroatoms. The molecular weight excluding hydrogens is 316 g/mol. The lowest BCUT2D eigenvalue weighted by Gasteiger charge is -2.18. The van der Waals surface area contributed by atoms with Crippen molar-refractivity contribution in [1.29, 1.82) is 0 Å². The molecule has 2 rings (SSSR count). The molecule has 0 spiro atoms. The maximum Gasteiger partial charge on any atom is 0.163 e. The molecule has 0 saturated heterocycles. The van der Waals surface area contributed by atoms with Gasteiger partial charge in [-0.15, -0.1) is 0 Å². The fourth-order valence-electron chi connectivity index (χ4n) is 2.11. The summed E-state index contributed by atoms with van der Waals surface area (Å²) in [5, 5.41) is 10.7. The van der Waals surface area contributed by atoms with Crippen molar-refractivity contribution < 1.29 is 9.47 Å². The highest BCUT2D eigenvalue weighted by Crippen LogP contribution is 2.34. The first-order chi connectivity index (χ1) is 11.0. The minimum Gasteiger partial charge on any atom is -0.490 e. The third-order valence-electron chi connectivity index (χ3n) is 3.22. The molecule has 0 aliphatic rings. The molecule has 6 nitrogen and oxygen atoms in total. The molecule has 1 aromatic heterocycles. The monoisotopic (exact) mass is 338 g/mol. The largest absolute Gasteiger partial charge is 0.490 e. The lowest BCUT2D eigenvalue weighted by atomic mass is 10.1. The van der Waals surface area contributed by atoms with Gasteiger partial charge in [-0.1, -0.05) is 11.6 Å². The van der Waals surface area contributed by atoms with E-state index in [1.54, 1.807) is 0 Å². The number of hydrogen-bond acceptors (Lipinski definition) is 5. The molecule has 1 heterocycles.